The smallest absolute Gasteiger partial charge is 0.265 e. The van der Waals surface area contributed by atoms with Gasteiger partial charge in [0.1, 0.15) is 12.1 Å². The van der Waals surface area contributed by atoms with Gasteiger partial charge in [0.15, 0.2) is 5.65 Å². The summed E-state index contributed by atoms with van der Waals surface area (Å²) in [6.07, 6.45) is 0.287. The Morgan fingerprint density at radius 3 is 2.76 bits per heavy atom. The Balaban J connectivity index is 2.04. The molecule has 2 heterocycles. The number of fused-ring (bicyclic) bond motifs is 1. The minimum atomic E-state index is -2.69. The van der Waals surface area contributed by atoms with Crippen LogP contribution in [0.5, 0.6) is 0 Å². The lowest BCUT2D eigenvalue weighted by atomic mass is 10.1. The third kappa shape index (κ3) is 3.43. The van der Waals surface area contributed by atoms with Crippen molar-refractivity contribution >= 4 is 28.7 Å². The first-order chi connectivity index (χ1) is 11.9. The van der Waals surface area contributed by atoms with Gasteiger partial charge in [-0.3, -0.25) is 4.79 Å². The summed E-state index contributed by atoms with van der Waals surface area (Å²) in [5, 5.41) is 4.11. The van der Waals surface area contributed by atoms with E-state index in [1.165, 1.54) is 34.1 Å². The van der Waals surface area contributed by atoms with Crippen LogP contribution in [0.4, 0.5) is 8.78 Å². The molecule has 1 amide bonds. The molecule has 25 heavy (non-hydrogen) atoms. The minimum Gasteiger partial charge on any atom is -0.347 e. The second-order valence-corrected chi connectivity index (χ2v) is 6.00. The molecule has 0 bridgehead atoms. The van der Waals surface area contributed by atoms with E-state index in [-0.39, 0.29) is 23.0 Å². The van der Waals surface area contributed by atoms with Crippen molar-refractivity contribution in [2.45, 2.75) is 13.0 Å². The Kier molecular flexibility index (Phi) is 4.63. The zero-order valence-corrected chi connectivity index (χ0v) is 14.2. The summed E-state index contributed by atoms with van der Waals surface area (Å²) < 4.78 is 27.5. The summed E-state index contributed by atoms with van der Waals surface area (Å²) in [4.78, 5) is 22.0. The highest BCUT2D eigenvalue weighted by atomic mass is 35.5. The molecule has 0 N–H and O–H groups in total. The number of nitrogens with zero attached hydrogens (tertiary/aromatic N) is 5. The lowest BCUT2D eigenvalue weighted by molar-refractivity contribution is -0.129. The maximum Gasteiger partial charge on any atom is 0.265 e. The van der Waals surface area contributed by atoms with Crippen LogP contribution in [0.3, 0.4) is 0 Å². The van der Waals surface area contributed by atoms with Crippen LogP contribution >= 0.6 is 11.6 Å². The number of benzene rings is 1. The molecule has 3 aromatic rings. The molecule has 0 spiro atoms. The summed E-state index contributed by atoms with van der Waals surface area (Å²) in [5.41, 5.74) is 1.50. The quantitative estimate of drug-likeness (QED) is 0.712. The molecular formula is C16H14ClF2N5O. The van der Waals surface area contributed by atoms with Crippen molar-refractivity contribution in [2.24, 2.45) is 0 Å². The van der Waals surface area contributed by atoms with E-state index in [1.807, 2.05) is 0 Å². The van der Waals surface area contributed by atoms with Gasteiger partial charge in [0.25, 0.3) is 6.43 Å². The molecule has 0 aliphatic heterocycles. The Hall–Kier alpha value is -2.61. The van der Waals surface area contributed by atoms with Gasteiger partial charge in [-0.05, 0) is 12.1 Å². The molecule has 0 atom stereocenters. The predicted octanol–water partition coefficient (Wildman–Crippen LogP) is 3.17. The number of alkyl halides is 2. The Morgan fingerprint density at radius 2 is 2.08 bits per heavy atom. The normalized spacial score (nSPS) is 11.3. The summed E-state index contributed by atoms with van der Waals surface area (Å²) in [7, 11) is 3.29. The van der Waals surface area contributed by atoms with Crippen molar-refractivity contribution in [1.29, 1.82) is 0 Å². The standard InChI is InChI=1S/C16H14ClF2N5O/c1-23(2)14(25)8-24-16-13(7-21-24)20-6-12(22-16)9-3-4-11(17)10(5-9)15(18)19/h3-7,15H,8H2,1-2H3. The first-order valence-corrected chi connectivity index (χ1v) is 7.71. The van der Waals surface area contributed by atoms with Crippen LogP contribution in [0.1, 0.15) is 12.0 Å². The molecule has 0 radical (unpaired) electrons. The number of aromatic nitrogens is 4. The highest BCUT2D eigenvalue weighted by Crippen LogP contribution is 2.31. The summed E-state index contributed by atoms with van der Waals surface area (Å²) in [6.45, 7) is 0.0114. The molecule has 0 saturated carbocycles. The molecule has 6 nitrogen and oxygen atoms in total. The van der Waals surface area contributed by atoms with Gasteiger partial charge in [0.05, 0.1) is 18.1 Å². The van der Waals surface area contributed by atoms with Crippen molar-refractivity contribution in [2.75, 3.05) is 14.1 Å². The number of carbonyl (C=O) groups is 1. The molecular weight excluding hydrogens is 352 g/mol. The highest BCUT2D eigenvalue weighted by Gasteiger charge is 2.16. The predicted molar refractivity (Wildman–Crippen MR) is 89.4 cm³/mol. The number of halogens is 3. The fourth-order valence-corrected chi connectivity index (χ4v) is 2.44. The van der Waals surface area contributed by atoms with Crippen LogP contribution in [0.2, 0.25) is 5.02 Å². The first kappa shape index (κ1) is 17.2. The Bertz CT molecular complexity index is 941. The Morgan fingerprint density at radius 1 is 1.32 bits per heavy atom. The molecule has 3 rings (SSSR count). The van der Waals surface area contributed by atoms with Gasteiger partial charge in [0, 0.05) is 30.2 Å². The van der Waals surface area contributed by atoms with E-state index in [4.69, 9.17) is 11.6 Å². The highest BCUT2D eigenvalue weighted by molar-refractivity contribution is 6.31. The third-order valence-electron chi connectivity index (χ3n) is 3.66. The molecule has 1 aromatic carbocycles. The van der Waals surface area contributed by atoms with Gasteiger partial charge < -0.3 is 4.90 Å². The Labute approximate surface area is 147 Å². The van der Waals surface area contributed by atoms with Gasteiger partial charge in [-0.2, -0.15) is 5.10 Å². The molecule has 2 aromatic heterocycles. The van der Waals surface area contributed by atoms with Crippen molar-refractivity contribution in [3.8, 4) is 11.3 Å². The number of hydrogen-bond donors (Lipinski definition) is 0. The van der Waals surface area contributed by atoms with Crippen molar-refractivity contribution in [3.05, 3.63) is 41.2 Å². The summed E-state index contributed by atoms with van der Waals surface area (Å²) >= 11 is 5.80. The number of carbonyl (C=O) groups excluding carboxylic acids is 1. The van der Waals surface area contributed by atoms with Crippen LogP contribution in [-0.4, -0.2) is 44.7 Å². The van der Waals surface area contributed by atoms with Crippen LogP contribution in [0, 0.1) is 0 Å². The first-order valence-electron chi connectivity index (χ1n) is 7.33. The third-order valence-corrected chi connectivity index (χ3v) is 4.00. The maximum atomic E-state index is 13.0. The molecule has 0 saturated heterocycles. The van der Waals surface area contributed by atoms with Crippen LogP contribution in [0.25, 0.3) is 22.4 Å². The number of rotatable bonds is 4. The fraction of sp³-hybridized carbons (Fsp3) is 0.250. The van der Waals surface area contributed by atoms with E-state index in [9.17, 15) is 13.6 Å². The van der Waals surface area contributed by atoms with Crippen molar-refractivity contribution in [3.63, 3.8) is 0 Å². The van der Waals surface area contributed by atoms with E-state index in [2.05, 4.69) is 15.1 Å². The van der Waals surface area contributed by atoms with Crippen LogP contribution in [-0.2, 0) is 11.3 Å². The van der Waals surface area contributed by atoms with Crippen molar-refractivity contribution < 1.29 is 13.6 Å². The second-order valence-electron chi connectivity index (χ2n) is 5.59. The fourth-order valence-electron chi connectivity index (χ4n) is 2.24. The van der Waals surface area contributed by atoms with Crippen LogP contribution in [0.15, 0.2) is 30.6 Å². The average Bonchev–Trinajstić information content (AvgIpc) is 2.97. The molecule has 0 aliphatic rings. The van der Waals surface area contributed by atoms with E-state index in [1.54, 1.807) is 20.2 Å². The molecule has 9 heteroatoms. The maximum absolute atomic E-state index is 13.0. The summed E-state index contributed by atoms with van der Waals surface area (Å²) in [5.74, 6) is -0.149. The van der Waals surface area contributed by atoms with E-state index >= 15 is 0 Å². The minimum absolute atomic E-state index is 0.00518. The molecule has 0 aliphatic carbocycles. The average molecular weight is 366 g/mol. The lowest BCUT2D eigenvalue weighted by Gasteiger charge is -2.10. The molecule has 130 valence electrons. The van der Waals surface area contributed by atoms with Gasteiger partial charge in [-0.1, -0.05) is 17.7 Å². The number of amides is 1. The second kappa shape index (κ2) is 6.72. The van der Waals surface area contributed by atoms with E-state index in [0.717, 1.165) is 0 Å². The van der Waals surface area contributed by atoms with Gasteiger partial charge >= 0.3 is 0 Å². The number of likely N-dealkylation sites (N-methyl/N-ethyl adjacent to an activating group) is 1. The van der Waals surface area contributed by atoms with Gasteiger partial charge in [-0.15, -0.1) is 0 Å². The zero-order valence-electron chi connectivity index (χ0n) is 13.4. The monoisotopic (exact) mass is 365 g/mol. The lowest BCUT2D eigenvalue weighted by Crippen LogP contribution is -2.26. The largest absolute Gasteiger partial charge is 0.347 e. The SMILES string of the molecule is CN(C)C(=O)Cn1ncc2ncc(-c3ccc(Cl)c(C(F)F)c3)nc21. The molecule has 0 unspecified atom stereocenters. The molecule has 0 fully saturated rings. The van der Waals surface area contributed by atoms with Gasteiger partial charge in [0.2, 0.25) is 5.91 Å². The summed E-state index contributed by atoms with van der Waals surface area (Å²) in [6, 6.07) is 4.28. The van der Waals surface area contributed by atoms with E-state index in [0.29, 0.717) is 22.4 Å². The number of hydrogen-bond acceptors (Lipinski definition) is 4. The van der Waals surface area contributed by atoms with Crippen molar-refractivity contribution in [1.82, 2.24) is 24.6 Å². The zero-order chi connectivity index (χ0) is 18.1. The van der Waals surface area contributed by atoms with Crippen LogP contribution < -0.4 is 0 Å². The van der Waals surface area contributed by atoms with Gasteiger partial charge in [-0.25, -0.2) is 23.4 Å². The van der Waals surface area contributed by atoms with E-state index < -0.39 is 6.43 Å². The topological polar surface area (TPSA) is 63.9 Å².